The fourth-order valence-corrected chi connectivity index (χ4v) is 4.99. The number of rotatable bonds is 14. The number of aliphatic carboxylic acids is 2. The Morgan fingerprint density at radius 3 is 1.73 bits per heavy atom. The van der Waals surface area contributed by atoms with Crippen LogP contribution in [-0.4, -0.2) is 113 Å². The number of nitrogens with one attached hydrogen (secondary N) is 6. The number of carbonyl (C=O) groups excluding carboxylic acids is 6. The van der Waals surface area contributed by atoms with Crippen molar-refractivity contribution in [1.29, 1.82) is 0 Å². The predicted molar refractivity (Wildman–Crippen MR) is 180 cm³/mol. The molecule has 1 saturated heterocycles. The number of benzene rings is 1. The standard InChI is InChI=1S/C31H46N10O10/c32-11-5-4-9-19-27(48)38-18(10-6-12-35-31(33)34)26(47)36-16-23(42)37-21(14-24(43)44)29(50)41-22(15-25(45)46)30(51)40-20(28(49)39-19)13-17-7-2-1-3-8-17/h1-3,7-8,18-22H,4-6,9-16,32H2,(H,36,47)(H,37,42)(H,38,48)(H,39,49)(H,40,51)(H,41,50)(H,43,44)(H,45,46)(H4,33,34,35)/t18-,19-,20-,21-,22-/m0/s1. The van der Waals surface area contributed by atoms with Gasteiger partial charge in [0, 0.05) is 13.0 Å². The van der Waals surface area contributed by atoms with Gasteiger partial charge in [0.15, 0.2) is 5.96 Å². The first-order valence-corrected chi connectivity index (χ1v) is 16.2. The van der Waals surface area contributed by atoms with E-state index in [1.807, 2.05) is 0 Å². The maximum absolute atomic E-state index is 13.8. The summed E-state index contributed by atoms with van der Waals surface area (Å²) in [5.41, 5.74) is 16.9. The summed E-state index contributed by atoms with van der Waals surface area (Å²) < 4.78 is 0. The number of carboxylic acid groups (broad SMARTS) is 2. The molecule has 0 bridgehead atoms. The van der Waals surface area contributed by atoms with Gasteiger partial charge in [-0.1, -0.05) is 30.3 Å². The van der Waals surface area contributed by atoms with Gasteiger partial charge in [0.1, 0.15) is 30.2 Å². The minimum absolute atomic E-state index is 0.0128. The van der Waals surface area contributed by atoms with Crippen molar-refractivity contribution in [1.82, 2.24) is 31.9 Å². The number of carboxylic acids is 2. The van der Waals surface area contributed by atoms with E-state index in [0.29, 0.717) is 18.4 Å². The number of hydrogen-bond donors (Lipinski definition) is 11. The fraction of sp³-hybridized carbons (Fsp3) is 0.516. The third-order valence-electron chi connectivity index (χ3n) is 7.54. The second kappa shape index (κ2) is 21.3. The van der Waals surface area contributed by atoms with Gasteiger partial charge in [-0.05, 0) is 44.2 Å². The number of unbranched alkanes of at least 4 members (excludes halogenated alkanes) is 1. The number of aliphatic imine (C=N–C) groups is 1. The average Bonchev–Trinajstić information content (AvgIpc) is 3.06. The third-order valence-corrected chi connectivity index (χ3v) is 7.54. The molecule has 1 fully saturated rings. The molecule has 14 N–H and O–H groups in total. The monoisotopic (exact) mass is 718 g/mol. The van der Waals surface area contributed by atoms with Gasteiger partial charge in [-0.15, -0.1) is 0 Å². The van der Waals surface area contributed by atoms with Crippen LogP contribution >= 0.6 is 0 Å². The summed E-state index contributed by atoms with van der Waals surface area (Å²) >= 11 is 0. The SMILES string of the molecule is NCCCC[C@@H]1NC(=O)[C@H](Cc2ccccc2)NC(=O)[C@H](CC(=O)O)NC(=O)[C@H](CC(=O)O)NC(=O)CNC(=O)[C@H](CCCN=C(N)N)NC1=O. The van der Waals surface area contributed by atoms with Crippen molar-refractivity contribution in [3.8, 4) is 0 Å². The van der Waals surface area contributed by atoms with E-state index in [-0.39, 0.29) is 44.7 Å². The zero-order valence-corrected chi connectivity index (χ0v) is 27.9. The summed E-state index contributed by atoms with van der Waals surface area (Å²) in [6, 6.07) is 0.879. The van der Waals surface area contributed by atoms with E-state index >= 15 is 0 Å². The summed E-state index contributed by atoms with van der Waals surface area (Å²) in [6.45, 7) is -0.384. The number of carbonyl (C=O) groups is 8. The van der Waals surface area contributed by atoms with Gasteiger partial charge in [0.05, 0.1) is 19.4 Å². The van der Waals surface area contributed by atoms with E-state index in [9.17, 15) is 48.6 Å². The average molecular weight is 719 g/mol. The van der Waals surface area contributed by atoms with Crippen LogP contribution in [0.25, 0.3) is 0 Å². The van der Waals surface area contributed by atoms with Gasteiger partial charge >= 0.3 is 11.9 Å². The van der Waals surface area contributed by atoms with Gasteiger partial charge in [0.2, 0.25) is 35.4 Å². The molecule has 5 atom stereocenters. The molecule has 1 heterocycles. The summed E-state index contributed by atoms with van der Waals surface area (Å²) in [6.07, 6.45) is -0.934. The summed E-state index contributed by atoms with van der Waals surface area (Å²) in [4.78, 5) is 107. The van der Waals surface area contributed by atoms with E-state index in [1.54, 1.807) is 30.3 Å². The Labute approximate surface area is 293 Å². The summed E-state index contributed by atoms with van der Waals surface area (Å²) in [7, 11) is 0. The molecule has 0 radical (unpaired) electrons. The van der Waals surface area contributed by atoms with Crippen LogP contribution < -0.4 is 49.1 Å². The molecule has 280 valence electrons. The fourth-order valence-electron chi connectivity index (χ4n) is 4.99. The Hall–Kier alpha value is -5.79. The van der Waals surface area contributed by atoms with Crippen LogP contribution in [0.15, 0.2) is 35.3 Å². The molecule has 20 nitrogen and oxygen atoms in total. The molecule has 51 heavy (non-hydrogen) atoms. The van der Waals surface area contributed by atoms with E-state index in [0.717, 1.165) is 0 Å². The molecule has 0 aromatic heterocycles. The molecule has 2 rings (SSSR count). The molecule has 1 aliphatic heterocycles. The highest BCUT2D eigenvalue weighted by Gasteiger charge is 2.34. The number of nitrogens with two attached hydrogens (primary N) is 3. The lowest BCUT2D eigenvalue weighted by molar-refractivity contribution is -0.143. The van der Waals surface area contributed by atoms with Crippen LogP contribution in [0.3, 0.4) is 0 Å². The van der Waals surface area contributed by atoms with Gasteiger partial charge in [-0.2, -0.15) is 0 Å². The zero-order valence-electron chi connectivity index (χ0n) is 27.9. The third kappa shape index (κ3) is 15.5. The van der Waals surface area contributed by atoms with Crippen molar-refractivity contribution in [3.63, 3.8) is 0 Å². The molecule has 0 spiro atoms. The molecule has 1 aromatic carbocycles. The largest absolute Gasteiger partial charge is 0.481 e. The summed E-state index contributed by atoms with van der Waals surface area (Å²) in [5, 5.41) is 33.1. The first kappa shape index (κ1) is 41.4. The van der Waals surface area contributed by atoms with Crippen molar-refractivity contribution < 1.29 is 48.6 Å². The van der Waals surface area contributed by atoms with Gasteiger partial charge in [0.25, 0.3) is 0 Å². The Kier molecular flexibility index (Phi) is 17.3. The van der Waals surface area contributed by atoms with Crippen molar-refractivity contribution >= 4 is 53.3 Å². The lowest BCUT2D eigenvalue weighted by Crippen LogP contribution is -2.60. The van der Waals surface area contributed by atoms with Gasteiger partial charge < -0.3 is 59.3 Å². The molecule has 6 amide bonds. The normalized spacial score (nSPS) is 22.4. The van der Waals surface area contributed by atoms with Crippen LogP contribution in [-0.2, 0) is 44.8 Å². The first-order valence-electron chi connectivity index (χ1n) is 16.2. The molecule has 0 saturated carbocycles. The molecule has 0 aliphatic carbocycles. The Morgan fingerprint density at radius 2 is 1.16 bits per heavy atom. The van der Waals surface area contributed by atoms with Crippen LogP contribution in [0.1, 0.15) is 50.5 Å². The number of nitrogens with zero attached hydrogens (tertiary/aromatic N) is 1. The van der Waals surface area contributed by atoms with Crippen LogP contribution in [0.2, 0.25) is 0 Å². The van der Waals surface area contributed by atoms with Crippen LogP contribution in [0.4, 0.5) is 0 Å². The van der Waals surface area contributed by atoms with Crippen molar-refractivity contribution in [2.75, 3.05) is 19.6 Å². The lowest BCUT2D eigenvalue weighted by atomic mass is 10.0. The second-order valence-corrected chi connectivity index (χ2v) is 11.7. The van der Waals surface area contributed by atoms with Crippen molar-refractivity contribution in [3.05, 3.63) is 35.9 Å². The van der Waals surface area contributed by atoms with E-state index in [4.69, 9.17) is 17.2 Å². The number of guanidine groups is 1. The van der Waals surface area contributed by atoms with Gasteiger partial charge in [-0.25, -0.2) is 0 Å². The summed E-state index contributed by atoms with van der Waals surface area (Å²) in [5.74, 6) is -9.01. The highest BCUT2D eigenvalue weighted by atomic mass is 16.4. The quantitative estimate of drug-likeness (QED) is 0.0496. The molecule has 1 aliphatic rings. The van der Waals surface area contributed by atoms with Crippen molar-refractivity contribution in [2.45, 2.75) is 81.6 Å². The second-order valence-electron chi connectivity index (χ2n) is 11.7. The lowest BCUT2D eigenvalue weighted by Gasteiger charge is -2.27. The molecule has 1 aromatic rings. The Morgan fingerprint density at radius 1 is 0.667 bits per heavy atom. The molecular formula is C31H46N10O10. The highest BCUT2D eigenvalue weighted by Crippen LogP contribution is 2.09. The van der Waals surface area contributed by atoms with Crippen LogP contribution in [0.5, 0.6) is 0 Å². The molecular weight excluding hydrogens is 672 g/mol. The topological polar surface area (TPSA) is 340 Å². The molecule has 0 unspecified atom stereocenters. The minimum atomic E-state index is -1.82. The number of hydrogen-bond acceptors (Lipinski definition) is 10. The van der Waals surface area contributed by atoms with Crippen LogP contribution in [0, 0.1) is 0 Å². The zero-order chi connectivity index (χ0) is 37.9. The Bertz CT molecular complexity index is 1440. The van der Waals surface area contributed by atoms with E-state index in [1.165, 1.54) is 0 Å². The maximum Gasteiger partial charge on any atom is 0.305 e. The first-order chi connectivity index (χ1) is 24.2. The van der Waals surface area contributed by atoms with Gasteiger partial charge in [-0.3, -0.25) is 43.3 Å². The highest BCUT2D eigenvalue weighted by molar-refractivity contribution is 5.99. The predicted octanol–water partition coefficient (Wildman–Crippen LogP) is -4.09. The Balaban J connectivity index is 2.57. The molecule has 20 heteroatoms. The van der Waals surface area contributed by atoms with E-state index in [2.05, 4.69) is 36.9 Å². The minimum Gasteiger partial charge on any atom is -0.481 e. The van der Waals surface area contributed by atoms with E-state index < -0.39 is 97.0 Å². The maximum atomic E-state index is 13.8. The smallest absolute Gasteiger partial charge is 0.305 e. The van der Waals surface area contributed by atoms with Crippen molar-refractivity contribution in [2.24, 2.45) is 22.2 Å². The number of amides is 6.